The molecule has 0 spiro atoms. The first-order valence-corrected chi connectivity index (χ1v) is 8.03. The molecular weight excluding hydrogens is 312 g/mol. The Balaban J connectivity index is 2.35. The van der Waals surface area contributed by atoms with Gasteiger partial charge in [0, 0.05) is 22.4 Å². The number of thioether (sulfide) groups is 1. The maximum atomic E-state index is 12.6. The first-order valence-electron chi connectivity index (χ1n) is 6.50. The molecule has 21 heavy (non-hydrogen) atoms. The van der Waals surface area contributed by atoms with E-state index in [0.29, 0.717) is 22.9 Å². The van der Waals surface area contributed by atoms with Crippen molar-refractivity contribution >= 4 is 35.2 Å². The largest absolute Gasteiger partial charge is 0.480 e. The number of aromatic nitrogens is 1. The van der Waals surface area contributed by atoms with Gasteiger partial charge in [0.15, 0.2) is 0 Å². The summed E-state index contributed by atoms with van der Waals surface area (Å²) in [6.45, 7) is 5.93. The van der Waals surface area contributed by atoms with Crippen LogP contribution in [-0.2, 0) is 10.2 Å². The smallest absolute Gasteiger partial charge is 0.327 e. The number of halogens is 1. The van der Waals surface area contributed by atoms with Gasteiger partial charge in [-0.05, 0) is 12.1 Å². The zero-order chi connectivity index (χ0) is 15.8. The summed E-state index contributed by atoms with van der Waals surface area (Å²) in [5.41, 5.74) is 0.844. The standard InChI is InChI=1S/C14H17ClN2O3S/c1-14(2,3)10-4-8(5-11(15)16-10)12(18)17-7-21-6-9(17)13(19)20/h4-5,9H,6-7H2,1-3H3,(H,19,20). The second-order valence-corrected chi connectivity index (χ2v) is 7.33. The summed E-state index contributed by atoms with van der Waals surface area (Å²) >= 11 is 7.43. The minimum atomic E-state index is -0.982. The minimum Gasteiger partial charge on any atom is -0.480 e. The Labute approximate surface area is 132 Å². The molecule has 0 aromatic carbocycles. The zero-order valence-corrected chi connectivity index (χ0v) is 13.7. The van der Waals surface area contributed by atoms with Crippen molar-refractivity contribution < 1.29 is 14.7 Å². The third-order valence-corrected chi connectivity index (χ3v) is 4.44. The molecule has 0 saturated carbocycles. The number of amides is 1. The molecule has 5 nitrogen and oxygen atoms in total. The number of carboxylic acid groups (broad SMARTS) is 1. The Kier molecular flexibility index (Phi) is 4.49. The van der Waals surface area contributed by atoms with Crippen LogP contribution in [0.4, 0.5) is 0 Å². The highest BCUT2D eigenvalue weighted by Crippen LogP contribution is 2.27. The van der Waals surface area contributed by atoms with E-state index in [0.717, 1.165) is 0 Å². The van der Waals surface area contributed by atoms with Gasteiger partial charge in [-0.3, -0.25) is 4.79 Å². The number of hydrogen-bond donors (Lipinski definition) is 1. The summed E-state index contributed by atoms with van der Waals surface area (Å²) in [4.78, 5) is 29.4. The highest BCUT2D eigenvalue weighted by atomic mass is 35.5. The lowest BCUT2D eigenvalue weighted by Crippen LogP contribution is -2.41. The van der Waals surface area contributed by atoms with Crippen molar-refractivity contribution in [3.8, 4) is 0 Å². The van der Waals surface area contributed by atoms with Crippen molar-refractivity contribution in [3.05, 3.63) is 28.5 Å². The summed E-state index contributed by atoms with van der Waals surface area (Å²) in [7, 11) is 0. The molecule has 2 heterocycles. The Morgan fingerprint density at radius 3 is 2.67 bits per heavy atom. The van der Waals surface area contributed by atoms with Crippen LogP contribution < -0.4 is 0 Å². The molecule has 1 fully saturated rings. The van der Waals surface area contributed by atoms with Gasteiger partial charge in [-0.25, -0.2) is 9.78 Å². The number of aliphatic carboxylic acids is 1. The fourth-order valence-corrected chi connectivity index (χ4v) is 3.37. The Morgan fingerprint density at radius 1 is 1.43 bits per heavy atom. The Hall–Kier alpha value is -1.27. The van der Waals surface area contributed by atoms with Gasteiger partial charge in [-0.15, -0.1) is 11.8 Å². The van der Waals surface area contributed by atoms with Gasteiger partial charge in [0.05, 0.1) is 5.88 Å². The average molecular weight is 329 g/mol. The van der Waals surface area contributed by atoms with Crippen LogP contribution in [0.3, 0.4) is 0 Å². The van der Waals surface area contributed by atoms with Crippen molar-refractivity contribution in [1.82, 2.24) is 9.88 Å². The molecule has 2 rings (SSSR count). The molecule has 7 heteroatoms. The van der Waals surface area contributed by atoms with E-state index < -0.39 is 12.0 Å². The normalized spacial score (nSPS) is 18.9. The average Bonchev–Trinajstić information content (AvgIpc) is 2.85. The predicted octanol–water partition coefficient (Wildman–Crippen LogP) is 2.63. The Bertz CT molecular complexity index is 586. The molecule has 1 aliphatic heterocycles. The summed E-state index contributed by atoms with van der Waals surface area (Å²) in [5, 5.41) is 9.41. The first kappa shape index (κ1) is 16.1. The van der Waals surface area contributed by atoms with Crippen LogP contribution in [0, 0.1) is 0 Å². The molecule has 1 N–H and O–H groups in total. The van der Waals surface area contributed by atoms with Crippen LogP contribution in [0.5, 0.6) is 0 Å². The van der Waals surface area contributed by atoms with E-state index in [1.165, 1.54) is 22.7 Å². The van der Waals surface area contributed by atoms with Crippen molar-refractivity contribution in [1.29, 1.82) is 0 Å². The summed E-state index contributed by atoms with van der Waals surface area (Å²) < 4.78 is 0. The minimum absolute atomic E-state index is 0.240. The number of hydrogen-bond acceptors (Lipinski definition) is 4. The highest BCUT2D eigenvalue weighted by molar-refractivity contribution is 7.99. The molecule has 1 saturated heterocycles. The van der Waals surface area contributed by atoms with Crippen LogP contribution in [0.2, 0.25) is 5.15 Å². The quantitative estimate of drug-likeness (QED) is 0.845. The molecule has 1 aromatic rings. The molecule has 1 amide bonds. The second kappa shape index (κ2) is 5.85. The van der Waals surface area contributed by atoms with E-state index in [1.807, 2.05) is 20.8 Å². The van der Waals surface area contributed by atoms with Gasteiger partial charge >= 0.3 is 5.97 Å². The molecule has 1 aromatic heterocycles. The first-order chi connectivity index (χ1) is 9.70. The third kappa shape index (κ3) is 3.49. The summed E-state index contributed by atoms with van der Waals surface area (Å²) in [6.07, 6.45) is 0. The molecule has 0 bridgehead atoms. The second-order valence-electron chi connectivity index (χ2n) is 5.94. The van der Waals surface area contributed by atoms with Gasteiger partial charge in [-0.1, -0.05) is 32.4 Å². The molecule has 1 unspecified atom stereocenters. The van der Waals surface area contributed by atoms with E-state index >= 15 is 0 Å². The molecule has 0 radical (unpaired) electrons. The molecular formula is C14H17ClN2O3S. The van der Waals surface area contributed by atoms with E-state index in [-0.39, 0.29) is 16.5 Å². The lowest BCUT2D eigenvalue weighted by atomic mass is 9.90. The van der Waals surface area contributed by atoms with Crippen LogP contribution in [-0.4, -0.2) is 44.5 Å². The maximum absolute atomic E-state index is 12.6. The van der Waals surface area contributed by atoms with Crippen LogP contribution in [0.1, 0.15) is 36.8 Å². The van der Waals surface area contributed by atoms with E-state index in [4.69, 9.17) is 11.6 Å². The zero-order valence-electron chi connectivity index (χ0n) is 12.1. The van der Waals surface area contributed by atoms with Gasteiger partial charge in [0.2, 0.25) is 0 Å². The number of nitrogens with zero attached hydrogens (tertiary/aromatic N) is 2. The topological polar surface area (TPSA) is 70.5 Å². The lowest BCUT2D eigenvalue weighted by molar-refractivity contribution is -0.140. The van der Waals surface area contributed by atoms with Gasteiger partial charge in [0.1, 0.15) is 11.2 Å². The lowest BCUT2D eigenvalue weighted by Gasteiger charge is -2.22. The molecule has 0 aliphatic carbocycles. The van der Waals surface area contributed by atoms with Crippen molar-refractivity contribution in [2.75, 3.05) is 11.6 Å². The molecule has 114 valence electrons. The number of carbonyl (C=O) groups is 2. The third-order valence-electron chi connectivity index (χ3n) is 3.24. The van der Waals surface area contributed by atoms with E-state index in [1.54, 1.807) is 6.07 Å². The Morgan fingerprint density at radius 2 is 2.10 bits per heavy atom. The van der Waals surface area contributed by atoms with Crippen LogP contribution in [0.15, 0.2) is 12.1 Å². The number of rotatable bonds is 2. The predicted molar refractivity (Wildman–Crippen MR) is 82.9 cm³/mol. The SMILES string of the molecule is CC(C)(C)c1cc(C(=O)N2CSCC2C(=O)O)cc(Cl)n1. The van der Waals surface area contributed by atoms with E-state index in [2.05, 4.69) is 4.98 Å². The summed E-state index contributed by atoms with van der Waals surface area (Å²) in [5.74, 6) is -0.515. The number of carbonyl (C=O) groups excluding carboxylic acids is 1. The number of carboxylic acids is 1. The number of pyridine rings is 1. The fraction of sp³-hybridized carbons (Fsp3) is 0.500. The van der Waals surface area contributed by atoms with Gasteiger partial charge < -0.3 is 10.0 Å². The van der Waals surface area contributed by atoms with Crippen molar-refractivity contribution in [2.45, 2.75) is 32.2 Å². The van der Waals surface area contributed by atoms with Crippen LogP contribution >= 0.6 is 23.4 Å². The molecule has 1 atom stereocenters. The maximum Gasteiger partial charge on any atom is 0.327 e. The van der Waals surface area contributed by atoms with E-state index in [9.17, 15) is 14.7 Å². The van der Waals surface area contributed by atoms with Crippen molar-refractivity contribution in [2.24, 2.45) is 0 Å². The van der Waals surface area contributed by atoms with Gasteiger partial charge in [0.25, 0.3) is 5.91 Å². The fourth-order valence-electron chi connectivity index (χ4n) is 2.02. The highest BCUT2D eigenvalue weighted by Gasteiger charge is 2.35. The van der Waals surface area contributed by atoms with Crippen molar-refractivity contribution in [3.63, 3.8) is 0 Å². The monoisotopic (exact) mass is 328 g/mol. The molecule has 1 aliphatic rings. The van der Waals surface area contributed by atoms with Crippen LogP contribution in [0.25, 0.3) is 0 Å². The summed E-state index contributed by atoms with van der Waals surface area (Å²) in [6, 6.07) is 2.39. The van der Waals surface area contributed by atoms with Gasteiger partial charge in [-0.2, -0.15) is 0 Å².